The van der Waals surface area contributed by atoms with Crippen molar-refractivity contribution in [2.45, 2.75) is 6.42 Å². The van der Waals surface area contributed by atoms with Gasteiger partial charge in [-0.3, -0.25) is 10.1 Å². The zero-order valence-corrected chi connectivity index (χ0v) is 12.0. The monoisotopic (exact) mass is 295 g/mol. The number of carbonyl (C=O) groups excluding carboxylic acids is 1. The molecule has 0 aliphatic carbocycles. The van der Waals surface area contributed by atoms with Crippen LogP contribution in [-0.2, 0) is 14.3 Å². The molecule has 6 nitrogen and oxygen atoms in total. The molecule has 0 unspecified atom stereocenters. The Morgan fingerprint density at radius 1 is 1.45 bits per heavy atom. The third-order valence-corrected chi connectivity index (χ3v) is 3.46. The average molecular weight is 295 g/mol. The Morgan fingerprint density at radius 3 is 3.10 bits per heavy atom. The Morgan fingerprint density at radius 2 is 2.30 bits per heavy atom. The molecule has 3 N–H and O–H groups in total. The Bertz CT molecular complexity index is 585. The van der Waals surface area contributed by atoms with E-state index in [-0.39, 0.29) is 12.5 Å². The predicted molar refractivity (Wildman–Crippen MR) is 80.0 cm³/mol. The normalized spacial score (nSPS) is 10.8. The van der Waals surface area contributed by atoms with Gasteiger partial charge in [0.05, 0.1) is 10.2 Å². The summed E-state index contributed by atoms with van der Waals surface area (Å²) in [4.78, 5) is 16.0. The number of fused-ring (bicyclic) bond motifs is 1. The molecule has 0 atom stereocenters. The number of anilines is 2. The van der Waals surface area contributed by atoms with Crippen molar-refractivity contribution in [1.29, 1.82) is 0 Å². The number of carbonyl (C=O) groups is 1. The van der Waals surface area contributed by atoms with E-state index in [1.54, 1.807) is 13.2 Å². The van der Waals surface area contributed by atoms with Crippen molar-refractivity contribution in [2.24, 2.45) is 0 Å². The van der Waals surface area contributed by atoms with E-state index in [1.807, 2.05) is 12.1 Å². The van der Waals surface area contributed by atoms with E-state index in [1.165, 1.54) is 11.3 Å². The number of ether oxygens (including phenoxy) is 2. The third kappa shape index (κ3) is 4.16. The first kappa shape index (κ1) is 14.7. The van der Waals surface area contributed by atoms with E-state index < -0.39 is 0 Å². The molecule has 1 aromatic carbocycles. The summed E-state index contributed by atoms with van der Waals surface area (Å²) in [7, 11) is 1.63. The fourth-order valence-corrected chi connectivity index (χ4v) is 2.55. The highest BCUT2D eigenvalue weighted by atomic mass is 32.1. The Hall–Kier alpha value is -1.70. The van der Waals surface area contributed by atoms with Gasteiger partial charge in [0.1, 0.15) is 6.61 Å². The summed E-state index contributed by atoms with van der Waals surface area (Å²) in [6.07, 6.45) is 0.768. The number of methoxy groups -OCH3 is 1. The zero-order chi connectivity index (χ0) is 14.4. The SMILES string of the molecule is COCCCOCC(=O)Nc1nc2ccc(N)cc2s1. The molecule has 0 spiro atoms. The number of hydrogen-bond donors (Lipinski definition) is 2. The minimum atomic E-state index is -0.213. The largest absolute Gasteiger partial charge is 0.399 e. The molecular weight excluding hydrogens is 278 g/mol. The quantitative estimate of drug-likeness (QED) is 0.601. The van der Waals surface area contributed by atoms with Crippen molar-refractivity contribution >= 4 is 38.3 Å². The lowest BCUT2D eigenvalue weighted by atomic mass is 10.3. The highest BCUT2D eigenvalue weighted by Crippen LogP contribution is 2.27. The molecular formula is C13H17N3O3S. The number of hydrogen-bond acceptors (Lipinski definition) is 6. The molecule has 7 heteroatoms. The Kier molecular flexibility index (Phi) is 5.28. The predicted octanol–water partition coefficient (Wildman–Crippen LogP) is 1.87. The van der Waals surface area contributed by atoms with Crippen LogP contribution in [0.5, 0.6) is 0 Å². The standard InChI is InChI=1S/C13H17N3O3S/c1-18-5-2-6-19-8-12(17)16-13-15-10-4-3-9(14)7-11(10)20-13/h3-4,7H,2,5-6,8,14H2,1H3,(H,15,16,17). The summed E-state index contributed by atoms with van der Waals surface area (Å²) in [6, 6.07) is 5.45. The summed E-state index contributed by atoms with van der Waals surface area (Å²) >= 11 is 1.39. The van der Waals surface area contributed by atoms with Crippen LogP contribution >= 0.6 is 11.3 Å². The maximum absolute atomic E-state index is 11.7. The molecule has 0 aliphatic rings. The van der Waals surface area contributed by atoms with Crippen molar-refractivity contribution in [2.75, 3.05) is 38.0 Å². The number of rotatable bonds is 7. The first-order valence-electron chi connectivity index (χ1n) is 6.21. The smallest absolute Gasteiger partial charge is 0.252 e. The minimum Gasteiger partial charge on any atom is -0.399 e. The third-order valence-electron chi connectivity index (χ3n) is 2.53. The van der Waals surface area contributed by atoms with Gasteiger partial charge < -0.3 is 15.2 Å². The van der Waals surface area contributed by atoms with Gasteiger partial charge >= 0.3 is 0 Å². The van der Waals surface area contributed by atoms with Crippen LogP contribution in [0.15, 0.2) is 18.2 Å². The second-order valence-corrected chi connectivity index (χ2v) is 5.22. The van der Waals surface area contributed by atoms with E-state index in [0.29, 0.717) is 24.0 Å². The van der Waals surface area contributed by atoms with E-state index in [2.05, 4.69) is 10.3 Å². The maximum atomic E-state index is 11.7. The van der Waals surface area contributed by atoms with Crippen LogP contribution in [0.4, 0.5) is 10.8 Å². The number of benzene rings is 1. The molecule has 0 radical (unpaired) electrons. The van der Waals surface area contributed by atoms with E-state index >= 15 is 0 Å². The van der Waals surface area contributed by atoms with Gasteiger partial charge in [0.2, 0.25) is 0 Å². The number of nitrogens with zero attached hydrogens (tertiary/aromatic N) is 1. The number of nitrogens with one attached hydrogen (secondary N) is 1. The van der Waals surface area contributed by atoms with Crippen molar-refractivity contribution in [3.8, 4) is 0 Å². The number of aromatic nitrogens is 1. The molecule has 0 aliphatic heterocycles. The van der Waals surface area contributed by atoms with E-state index in [9.17, 15) is 4.79 Å². The minimum absolute atomic E-state index is 0.0157. The second-order valence-electron chi connectivity index (χ2n) is 4.19. The second kappa shape index (κ2) is 7.18. The van der Waals surface area contributed by atoms with Gasteiger partial charge in [0.25, 0.3) is 5.91 Å². The van der Waals surface area contributed by atoms with Crippen LogP contribution in [0.1, 0.15) is 6.42 Å². The highest BCUT2D eigenvalue weighted by Gasteiger charge is 2.08. The first-order valence-corrected chi connectivity index (χ1v) is 7.03. The number of thiazole rings is 1. The van der Waals surface area contributed by atoms with Gasteiger partial charge in [0.15, 0.2) is 5.13 Å². The first-order chi connectivity index (χ1) is 9.69. The molecule has 108 valence electrons. The molecule has 0 saturated carbocycles. The molecule has 20 heavy (non-hydrogen) atoms. The number of amides is 1. The maximum Gasteiger partial charge on any atom is 0.252 e. The zero-order valence-electron chi connectivity index (χ0n) is 11.2. The molecule has 1 amide bonds. The number of nitrogens with two attached hydrogens (primary N) is 1. The van der Waals surface area contributed by atoms with Crippen LogP contribution in [0.2, 0.25) is 0 Å². The molecule has 0 fully saturated rings. The lowest BCUT2D eigenvalue weighted by molar-refractivity contribution is -0.120. The molecule has 2 aromatic rings. The molecule has 1 aromatic heterocycles. The van der Waals surface area contributed by atoms with E-state index in [4.69, 9.17) is 15.2 Å². The Balaban J connectivity index is 1.83. The number of nitrogen functional groups attached to an aromatic ring is 1. The Labute approximate surface area is 120 Å². The van der Waals surface area contributed by atoms with Gasteiger partial charge in [0, 0.05) is 26.0 Å². The van der Waals surface area contributed by atoms with Crippen LogP contribution in [0.25, 0.3) is 10.2 Å². The van der Waals surface area contributed by atoms with Gasteiger partial charge in [-0.2, -0.15) is 0 Å². The fraction of sp³-hybridized carbons (Fsp3) is 0.385. The van der Waals surface area contributed by atoms with Crippen molar-refractivity contribution in [1.82, 2.24) is 4.98 Å². The van der Waals surface area contributed by atoms with Gasteiger partial charge in [-0.25, -0.2) is 4.98 Å². The van der Waals surface area contributed by atoms with Crippen molar-refractivity contribution in [3.05, 3.63) is 18.2 Å². The van der Waals surface area contributed by atoms with Crippen LogP contribution in [0, 0.1) is 0 Å². The summed E-state index contributed by atoms with van der Waals surface area (Å²) in [5.41, 5.74) is 7.20. The van der Waals surface area contributed by atoms with Crippen LogP contribution in [-0.4, -0.2) is 37.8 Å². The highest BCUT2D eigenvalue weighted by molar-refractivity contribution is 7.22. The summed E-state index contributed by atoms with van der Waals surface area (Å²) in [6.45, 7) is 1.14. The lowest BCUT2D eigenvalue weighted by Crippen LogP contribution is -2.18. The van der Waals surface area contributed by atoms with Crippen LogP contribution in [0.3, 0.4) is 0 Å². The summed E-state index contributed by atoms with van der Waals surface area (Å²) < 4.78 is 11.1. The summed E-state index contributed by atoms with van der Waals surface area (Å²) in [5, 5.41) is 3.27. The average Bonchev–Trinajstić information content (AvgIpc) is 2.79. The molecule has 0 bridgehead atoms. The molecule has 1 heterocycles. The molecule has 0 saturated heterocycles. The molecule has 2 rings (SSSR count). The topological polar surface area (TPSA) is 86.5 Å². The van der Waals surface area contributed by atoms with Crippen LogP contribution < -0.4 is 11.1 Å². The van der Waals surface area contributed by atoms with E-state index in [0.717, 1.165) is 16.6 Å². The van der Waals surface area contributed by atoms with Crippen molar-refractivity contribution in [3.63, 3.8) is 0 Å². The van der Waals surface area contributed by atoms with Gasteiger partial charge in [-0.05, 0) is 24.6 Å². The van der Waals surface area contributed by atoms with Crippen molar-refractivity contribution < 1.29 is 14.3 Å². The fourth-order valence-electron chi connectivity index (χ4n) is 1.62. The lowest BCUT2D eigenvalue weighted by Gasteiger charge is -2.03. The van der Waals surface area contributed by atoms with Gasteiger partial charge in [-0.15, -0.1) is 0 Å². The van der Waals surface area contributed by atoms with Gasteiger partial charge in [-0.1, -0.05) is 11.3 Å². The summed E-state index contributed by atoms with van der Waals surface area (Å²) in [5.74, 6) is -0.213.